The highest BCUT2D eigenvalue weighted by Crippen LogP contribution is 2.36. The normalized spacial score (nSPS) is 12.0. The summed E-state index contributed by atoms with van der Waals surface area (Å²) < 4.78 is 11.2. The molecule has 0 radical (unpaired) electrons. The minimum absolute atomic E-state index is 0.454. The summed E-state index contributed by atoms with van der Waals surface area (Å²) in [7, 11) is 1.61. The van der Waals surface area contributed by atoms with Crippen molar-refractivity contribution in [1.29, 1.82) is 0 Å². The van der Waals surface area contributed by atoms with Crippen molar-refractivity contribution in [3.63, 3.8) is 0 Å². The molecule has 0 aliphatic carbocycles. The van der Waals surface area contributed by atoms with Gasteiger partial charge in [-0.05, 0) is 48.7 Å². The number of hydrogen-bond donors (Lipinski definition) is 1. The zero-order valence-corrected chi connectivity index (χ0v) is 13.1. The molecule has 4 heteroatoms. The van der Waals surface area contributed by atoms with Crippen LogP contribution in [0.3, 0.4) is 0 Å². The standard InChI is InChI=1S/C17H19ClO3/c1-4-12-5-7-16(17(9-12)20-3)21-15-8-6-13(11(2)19)10-14(15)18/h5-11,19H,4H2,1-3H3/t11-/m0/s1. The molecule has 0 heterocycles. The molecule has 1 atom stereocenters. The fourth-order valence-electron chi connectivity index (χ4n) is 1.99. The average molecular weight is 307 g/mol. The maximum Gasteiger partial charge on any atom is 0.169 e. The molecule has 0 saturated carbocycles. The Bertz CT molecular complexity index is 623. The van der Waals surface area contributed by atoms with E-state index in [-0.39, 0.29) is 0 Å². The van der Waals surface area contributed by atoms with Crippen molar-refractivity contribution in [2.24, 2.45) is 0 Å². The average Bonchev–Trinajstić information content (AvgIpc) is 2.49. The van der Waals surface area contributed by atoms with Gasteiger partial charge in [0, 0.05) is 0 Å². The van der Waals surface area contributed by atoms with E-state index in [1.165, 1.54) is 5.56 Å². The fourth-order valence-corrected chi connectivity index (χ4v) is 2.22. The van der Waals surface area contributed by atoms with Crippen LogP contribution in [0.4, 0.5) is 0 Å². The van der Waals surface area contributed by atoms with Crippen LogP contribution in [0.25, 0.3) is 0 Å². The number of benzene rings is 2. The molecule has 2 rings (SSSR count). The molecule has 0 unspecified atom stereocenters. The number of aryl methyl sites for hydroxylation is 1. The second kappa shape index (κ2) is 6.83. The van der Waals surface area contributed by atoms with E-state index in [1.807, 2.05) is 18.2 Å². The summed E-state index contributed by atoms with van der Waals surface area (Å²) in [5.74, 6) is 1.81. The lowest BCUT2D eigenvalue weighted by Gasteiger charge is -2.13. The first-order valence-corrected chi connectivity index (χ1v) is 7.25. The zero-order valence-electron chi connectivity index (χ0n) is 12.4. The number of halogens is 1. The predicted molar refractivity (Wildman–Crippen MR) is 84.5 cm³/mol. The molecule has 0 fully saturated rings. The Kier molecular flexibility index (Phi) is 5.10. The molecule has 0 aliphatic rings. The third-order valence-electron chi connectivity index (χ3n) is 3.29. The first-order chi connectivity index (χ1) is 10.0. The fraction of sp³-hybridized carbons (Fsp3) is 0.294. The van der Waals surface area contributed by atoms with Crippen molar-refractivity contribution >= 4 is 11.6 Å². The van der Waals surface area contributed by atoms with E-state index >= 15 is 0 Å². The van der Waals surface area contributed by atoms with E-state index in [2.05, 4.69) is 6.92 Å². The highest BCUT2D eigenvalue weighted by atomic mass is 35.5. The molecule has 2 aromatic carbocycles. The van der Waals surface area contributed by atoms with Gasteiger partial charge in [0.2, 0.25) is 0 Å². The number of aliphatic hydroxyl groups is 1. The molecule has 0 aromatic heterocycles. The van der Waals surface area contributed by atoms with Crippen LogP contribution in [0.1, 0.15) is 31.1 Å². The van der Waals surface area contributed by atoms with Crippen molar-refractivity contribution in [3.8, 4) is 17.2 Å². The lowest BCUT2D eigenvalue weighted by atomic mass is 10.1. The van der Waals surface area contributed by atoms with Crippen molar-refractivity contribution in [3.05, 3.63) is 52.5 Å². The SMILES string of the molecule is CCc1ccc(Oc2ccc([C@H](C)O)cc2Cl)c(OC)c1. The van der Waals surface area contributed by atoms with Gasteiger partial charge in [-0.3, -0.25) is 0 Å². The summed E-state index contributed by atoms with van der Waals surface area (Å²) in [5.41, 5.74) is 1.93. The number of methoxy groups -OCH3 is 1. The Morgan fingerprint density at radius 3 is 2.38 bits per heavy atom. The van der Waals surface area contributed by atoms with Crippen LogP contribution in [0.15, 0.2) is 36.4 Å². The van der Waals surface area contributed by atoms with Crippen LogP contribution in [-0.4, -0.2) is 12.2 Å². The van der Waals surface area contributed by atoms with Crippen molar-refractivity contribution in [2.75, 3.05) is 7.11 Å². The molecule has 0 spiro atoms. The van der Waals surface area contributed by atoms with Gasteiger partial charge in [0.15, 0.2) is 11.5 Å². The lowest BCUT2D eigenvalue weighted by Crippen LogP contribution is -1.94. The van der Waals surface area contributed by atoms with Crippen molar-refractivity contribution in [1.82, 2.24) is 0 Å². The third-order valence-corrected chi connectivity index (χ3v) is 3.59. The highest BCUT2D eigenvalue weighted by molar-refractivity contribution is 6.32. The van der Waals surface area contributed by atoms with E-state index in [4.69, 9.17) is 21.1 Å². The number of rotatable bonds is 5. The molecule has 21 heavy (non-hydrogen) atoms. The minimum atomic E-state index is -0.560. The second-order valence-electron chi connectivity index (χ2n) is 4.81. The Labute approximate surface area is 130 Å². The summed E-state index contributed by atoms with van der Waals surface area (Å²) in [6, 6.07) is 11.1. The first kappa shape index (κ1) is 15.7. The first-order valence-electron chi connectivity index (χ1n) is 6.87. The van der Waals surface area contributed by atoms with Crippen LogP contribution >= 0.6 is 11.6 Å². The Hall–Kier alpha value is -1.71. The molecule has 3 nitrogen and oxygen atoms in total. The van der Waals surface area contributed by atoms with Gasteiger partial charge in [-0.25, -0.2) is 0 Å². The monoisotopic (exact) mass is 306 g/mol. The third kappa shape index (κ3) is 3.69. The number of ether oxygens (including phenoxy) is 2. The van der Waals surface area contributed by atoms with E-state index in [1.54, 1.807) is 32.2 Å². The summed E-state index contributed by atoms with van der Waals surface area (Å²) in [6.45, 7) is 3.78. The molecular weight excluding hydrogens is 288 g/mol. The highest BCUT2D eigenvalue weighted by Gasteiger charge is 2.11. The van der Waals surface area contributed by atoms with E-state index in [9.17, 15) is 5.11 Å². The molecule has 0 bridgehead atoms. The summed E-state index contributed by atoms with van der Waals surface area (Å²) in [5, 5.41) is 10.0. The summed E-state index contributed by atoms with van der Waals surface area (Å²) in [6.07, 6.45) is 0.371. The second-order valence-corrected chi connectivity index (χ2v) is 5.21. The lowest BCUT2D eigenvalue weighted by molar-refractivity contribution is 0.199. The molecule has 1 N–H and O–H groups in total. The smallest absolute Gasteiger partial charge is 0.169 e. The molecule has 0 amide bonds. The van der Waals surface area contributed by atoms with Gasteiger partial charge >= 0.3 is 0 Å². The van der Waals surface area contributed by atoms with Crippen LogP contribution in [0.5, 0.6) is 17.2 Å². The Morgan fingerprint density at radius 1 is 1.10 bits per heavy atom. The van der Waals surface area contributed by atoms with Gasteiger partial charge in [-0.15, -0.1) is 0 Å². The van der Waals surface area contributed by atoms with E-state index < -0.39 is 6.10 Å². The van der Waals surface area contributed by atoms with Crippen molar-refractivity contribution in [2.45, 2.75) is 26.4 Å². The van der Waals surface area contributed by atoms with Gasteiger partial charge < -0.3 is 14.6 Å². The van der Waals surface area contributed by atoms with E-state index in [0.717, 1.165) is 12.0 Å². The molecule has 112 valence electrons. The molecule has 0 aliphatic heterocycles. The number of aliphatic hydroxyl groups excluding tert-OH is 1. The van der Waals surface area contributed by atoms with Gasteiger partial charge in [0.05, 0.1) is 18.2 Å². The van der Waals surface area contributed by atoms with Gasteiger partial charge in [0.25, 0.3) is 0 Å². The summed E-state index contributed by atoms with van der Waals surface area (Å²) >= 11 is 6.20. The van der Waals surface area contributed by atoms with Crippen LogP contribution in [-0.2, 0) is 6.42 Å². The minimum Gasteiger partial charge on any atom is -0.493 e. The number of hydrogen-bond acceptors (Lipinski definition) is 3. The van der Waals surface area contributed by atoms with E-state index in [0.29, 0.717) is 22.3 Å². The molecular formula is C17H19ClO3. The predicted octanol–water partition coefficient (Wildman–Crippen LogP) is 4.76. The quantitative estimate of drug-likeness (QED) is 0.866. The Morgan fingerprint density at radius 2 is 1.81 bits per heavy atom. The van der Waals surface area contributed by atoms with Gasteiger partial charge in [0.1, 0.15) is 5.75 Å². The van der Waals surface area contributed by atoms with Crippen LogP contribution < -0.4 is 9.47 Å². The Balaban J connectivity index is 2.29. The maximum absolute atomic E-state index is 9.55. The van der Waals surface area contributed by atoms with Gasteiger partial charge in [-0.1, -0.05) is 30.7 Å². The topological polar surface area (TPSA) is 38.7 Å². The molecule has 2 aromatic rings. The van der Waals surface area contributed by atoms with Crippen LogP contribution in [0, 0.1) is 0 Å². The van der Waals surface area contributed by atoms with Crippen LogP contribution in [0.2, 0.25) is 5.02 Å². The summed E-state index contributed by atoms with van der Waals surface area (Å²) in [4.78, 5) is 0. The van der Waals surface area contributed by atoms with Gasteiger partial charge in [-0.2, -0.15) is 0 Å². The van der Waals surface area contributed by atoms with Crippen molar-refractivity contribution < 1.29 is 14.6 Å². The zero-order chi connectivity index (χ0) is 15.4. The largest absolute Gasteiger partial charge is 0.493 e. The maximum atomic E-state index is 9.55. The molecule has 0 saturated heterocycles.